The van der Waals surface area contributed by atoms with Gasteiger partial charge in [0.2, 0.25) is 0 Å². The summed E-state index contributed by atoms with van der Waals surface area (Å²) in [4.78, 5) is 14.0. The third kappa shape index (κ3) is 6.21. The van der Waals surface area contributed by atoms with Crippen LogP contribution in [0.4, 0.5) is 0 Å². The number of carbonyl (C=O) groups excluding carboxylic acids is 1. The minimum Gasteiger partial charge on any atom is -0.345 e. The number of nitrogens with zero attached hydrogens (tertiary/aromatic N) is 3. The maximum Gasteiger partial charge on any atom is 0.296 e. The molecular weight excluding hydrogens is 228 g/mol. The van der Waals surface area contributed by atoms with Crippen molar-refractivity contribution in [3.05, 3.63) is 46.3 Å². The number of amides is 1. The molecule has 1 aromatic carbocycles. The van der Waals surface area contributed by atoms with Crippen molar-refractivity contribution >= 4 is 5.91 Å². The van der Waals surface area contributed by atoms with Crippen LogP contribution in [0.5, 0.6) is 0 Å². The highest BCUT2D eigenvalue weighted by Gasteiger charge is 1.94. The maximum atomic E-state index is 11.3. The maximum absolute atomic E-state index is 11.3. The Hall–Kier alpha value is -2.44. The summed E-state index contributed by atoms with van der Waals surface area (Å²) in [5.41, 5.74) is 8.88. The van der Waals surface area contributed by atoms with Crippen LogP contribution in [0.25, 0.3) is 10.4 Å². The van der Waals surface area contributed by atoms with Gasteiger partial charge in [0.05, 0.1) is 0 Å². The molecular formula is C13H14N4O. The first kappa shape index (κ1) is 13.6. The Bertz CT molecular complexity index is 481. The minimum atomic E-state index is -0.289. The highest BCUT2D eigenvalue weighted by atomic mass is 16.1. The number of hydrogen-bond acceptors (Lipinski definition) is 2. The minimum absolute atomic E-state index is 0.289. The predicted molar refractivity (Wildman–Crippen MR) is 69.6 cm³/mol. The van der Waals surface area contributed by atoms with E-state index in [0.717, 1.165) is 18.4 Å². The standard InChI is InChI=1S/C13H14N4O/c14-17-16-11-5-4-10-15-13(18)9-8-12-6-2-1-3-7-12/h1-3,6-7H,4-5,10-11H2,(H,15,18). The van der Waals surface area contributed by atoms with Gasteiger partial charge in [-0.05, 0) is 30.5 Å². The molecule has 0 fully saturated rings. The summed E-state index contributed by atoms with van der Waals surface area (Å²) in [6.07, 6.45) is 1.54. The lowest BCUT2D eigenvalue weighted by Gasteiger charge is -1.98. The van der Waals surface area contributed by atoms with Gasteiger partial charge in [-0.2, -0.15) is 0 Å². The molecule has 92 valence electrons. The average Bonchev–Trinajstić information content (AvgIpc) is 2.41. The van der Waals surface area contributed by atoms with E-state index in [1.54, 1.807) is 0 Å². The zero-order chi connectivity index (χ0) is 13.1. The third-order valence-electron chi connectivity index (χ3n) is 2.13. The van der Waals surface area contributed by atoms with Crippen molar-refractivity contribution in [3.8, 4) is 11.8 Å². The summed E-state index contributed by atoms with van der Waals surface area (Å²) >= 11 is 0. The molecule has 0 saturated heterocycles. The lowest BCUT2D eigenvalue weighted by molar-refractivity contribution is -0.115. The molecule has 1 rings (SSSR count). The molecule has 0 aromatic heterocycles. The second kappa shape index (κ2) is 8.68. The molecule has 0 unspecified atom stereocenters. The molecule has 5 heteroatoms. The number of rotatable bonds is 5. The zero-order valence-electron chi connectivity index (χ0n) is 9.97. The van der Waals surface area contributed by atoms with Crippen LogP contribution in [0, 0.1) is 11.8 Å². The fourth-order valence-corrected chi connectivity index (χ4v) is 1.25. The molecule has 0 saturated carbocycles. The Balaban J connectivity index is 2.22. The van der Waals surface area contributed by atoms with Gasteiger partial charge >= 0.3 is 0 Å². The van der Waals surface area contributed by atoms with Crippen LogP contribution in [-0.2, 0) is 4.79 Å². The Morgan fingerprint density at radius 3 is 2.83 bits per heavy atom. The molecule has 0 heterocycles. The van der Waals surface area contributed by atoms with Crippen LogP contribution in [0.2, 0.25) is 0 Å². The van der Waals surface area contributed by atoms with E-state index in [0.29, 0.717) is 13.1 Å². The summed E-state index contributed by atoms with van der Waals surface area (Å²) in [5, 5.41) is 6.09. The van der Waals surface area contributed by atoms with E-state index in [2.05, 4.69) is 27.2 Å². The van der Waals surface area contributed by atoms with Crippen molar-refractivity contribution in [3.63, 3.8) is 0 Å². The van der Waals surface area contributed by atoms with Crippen molar-refractivity contribution in [1.29, 1.82) is 0 Å². The van der Waals surface area contributed by atoms with E-state index in [1.165, 1.54) is 0 Å². The van der Waals surface area contributed by atoms with E-state index in [9.17, 15) is 4.79 Å². The van der Waals surface area contributed by atoms with Crippen LogP contribution in [-0.4, -0.2) is 19.0 Å². The SMILES string of the molecule is [N-]=[N+]=NCCCCNC(=O)C#Cc1ccccc1. The Morgan fingerprint density at radius 1 is 1.33 bits per heavy atom. The van der Waals surface area contributed by atoms with Crippen molar-refractivity contribution in [1.82, 2.24) is 5.32 Å². The summed E-state index contributed by atoms with van der Waals surface area (Å²) in [5.74, 6) is 5.01. The quantitative estimate of drug-likeness (QED) is 0.277. The lowest BCUT2D eigenvalue weighted by atomic mass is 10.2. The molecule has 0 radical (unpaired) electrons. The Morgan fingerprint density at radius 2 is 2.11 bits per heavy atom. The molecule has 0 aliphatic rings. The van der Waals surface area contributed by atoms with E-state index in [-0.39, 0.29) is 5.91 Å². The molecule has 1 N–H and O–H groups in total. The largest absolute Gasteiger partial charge is 0.345 e. The first-order valence-electron chi connectivity index (χ1n) is 5.68. The monoisotopic (exact) mass is 242 g/mol. The van der Waals surface area contributed by atoms with Crippen LogP contribution < -0.4 is 5.32 Å². The molecule has 0 atom stereocenters. The molecule has 0 aliphatic heterocycles. The average molecular weight is 242 g/mol. The first-order valence-corrected chi connectivity index (χ1v) is 5.68. The van der Waals surface area contributed by atoms with Gasteiger partial charge in [-0.1, -0.05) is 29.2 Å². The number of hydrogen-bond donors (Lipinski definition) is 1. The first-order chi connectivity index (χ1) is 8.83. The van der Waals surface area contributed by atoms with Crippen molar-refractivity contribution in [2.24, 2.45) is 5.11 Å². The number of carbonyl (C=O) groups is 1. The van der Waals surface area contributed by atoms with E-state index in [1.807, 2.05) is 30.3 Å². The van der Waals surface area contributed by atoms with Crippen LogP contribution >= 0.6 is 0 Å². The summed E-state index contributed by atoms with van der Waals surface area (Å²) in [6.45, 7) is 1.01. The molecule has 0 aliphatic carbocycles. The molecule has 0 bridgehead atoms. The fraction of sp³-hybridized carbons (Fsp3) is 0.308. The van der Waals surface area contributed by atoms with Gasteiger partial charge in [-0.25, -0.2) is 0 Å². The highest BCUT2D eigenvalue weighted by Crippen LogP contribution is 1.94. The van der Waals surface area contributed by atoms with Crippen LogP contribution in [0.3, 0.4) is 0 Å². The summed E-state index contributed by atoms with van der Waals surface area (Å²) in [6, 6.07) is 9.34. The third-order valence-corrected chi connectivity index (χ3v) is 2.13. The Labute approximate surface area is 106 Å². The smallest absolute Gasteiger partial charge is 0.296 e. The zero-order valence-corrected chi connectivity index (χ0v) is 9.97. The van der Waals surface area contributed by atoms with Crippen LogP contribution in [0.1, 0.15) is 18.4 Å². The normalized spacial score (nSPS) is 8.67. The summed E-state index contributed by atoms with van der Waals surface area (Å²) in [7, 11) is 0. The van der Waals surface area contributed by atoms with Gasteiger partial charge in [0.25, 0.3) is 5.91 Å². The van der Waals surface area contributed by atoms with Gasteiger partial charge in [0.1, 0.15) is 0 Å². The van der Waals surface area contributed by atoms with Gasteiger partial charge in [0.15, 0.2) is 0 Å². The van der Waals surface area contributed by atoms with Crippen LogP contribution in [0.15, 0.2) is 35.4 Å². The predicted octanol–water partition coefficient (Wildman–Crippen LogP) is 2.24. The topological polar surface area (TPSA) is 77.9 Å². The van der Waals surface area contributed by atoms with Crippen molar-refractivity contribution < 1.29 is 4.79 Å². The number of nitrogens with one attached hydrogen (secondary N) is 1. The van der Waals surface area contributed by atoms with Gasteiger partial charge in [-0.15, -0.1) is 0 Å². The molecule has 1 amide bonds. The molecule has 1 aromatic rings. The highest BCUT2D eigenvalue weighted by molar-refractivity contribution is 5.94. The number of benzene rings is 1. The molecule has 0 spiro atoms. The second-order valence-electron chi connectivity index (χ2n) is 3.53. The van der Waals surface area contributed by atoms with E-state index < -0.39 is 0 Å². The van der Waals surface area contributed by atoms with Gasteiger partial charge < -0.3 is 5.32 Å². The van der Waals surface area contributed by atoms with Crippen molar-refractivity contribution in [2.45, 2.75) is 12.8 Å². The fourth-order valence-electron chi connectivity index (χ4n) is 1.25. The second-order valence-corrected chi connectivity index (χ2v) is 3.53. The molecule has 5 nitrogen and oxygen atoms in total. The van der Waals surface area contributed by atoms with Gasteiger partial charge in [-0.3, -0.25) is 4.79 Å². The van der Waals surface area contributed by atoms with E-state index in [4.69, 9.17) is 5.53 Å². The Kier molecular flexibility index (Phi) is 6.57. The molecule has 18 heavy (non-hydrogen) atoms. The lowest BCUT2D eigenvalue weighted by Crippen LogP contribution is -2.22. The van der Waals surface area contributed by atoms with Crippen molar-refractivity contribution in [2.75, 3.05) is 13.1 Å². The summed E-state index contributed by atoms with van der Waals surface area (Å²) < 4.78 is 0. The number of azide groups is 1. The number of unbranched alkanes of at least 4 members (excludes halogenated alkanes) is 1. The van der Waals surface area contributed by atoms with E-state index >= 15 is 0 Å². The van der Waals surface area contributed by atoms with Gasteiger partial charge in [0, 0.05) is 29.5 Å².